The lowest BCUT2D eigenvalue weighted by Crippen LogP contribution is -2.17. The van der Waals surface area contributed by atoms with Crippen molar-refractivity contribution in [3.63, 3.8) is 0 Å². The van der Waals surface area contributed by atoms with Gasteiger partial charge in [-0.1, -0.05) is 91.0 Å². The number of hydrazone groups is 3. The Morgan fingerprint density at radius 3 is 0.873 bits per heavy atom. The number of phenolic OH excluding ortho intramolecular Hbond substituents is 3. The lowest BCUT2D eigenvalue weighted by Gasteiger charge is -2.05. The van der Waals surface area contributed by atoms with Crippen LogP contribution in [-0.4, -0.2) is 51.7 Å². The number of carbonyl (C=O) groups excluding carboxylic acids is 3. The van der Waals surface area contributed by atoms with Gasteiger partial charge >= 0.3 is 0 Å². The molecule has 0 fully saturated rings. The zero-order chi connectivity index (χ0) is 44.0. The fourth-order valence-electron chi connectivity index (χ4n) is 5.97. The molecule has 0 atom stereocenters. The first-order chi connectivity index (χ1) is 30.7. The van der Waals surface area contributed by atoms with E-state index in [0.717, 1.165) is 46.9 Å². The number of nitrogens with one attached hydrogen (secondary N) is 3. The van der Waals surface area contributed by atoms with Crippen LogP contribution in [0.25, 0.3) is 32.3 Å². The molecule has 0 saturated carbocycles. The van der Waals surface area contributed by atoms with E-state index < -0.39 is 17.7 Å². The van der Waals surface area contributed by atoms with E-state index in [1.54, 1.807) is 55.0 Å². The molecular formula is C48H36N6O6S3. The first-order valence-corrected chi connectivity index (χ1v) is 21.6. The van der Waals surface area contributed by atoms with Gasteiger partial charge in [-0.3, -0.25) is 14.4 Å². The molecular weight excluding hydrogens is 853 g/mol. The number of thiophene rings is 3. The summed E-state index contributed by atoms with van der Waals surface area (Å²) in [5.74, 6) is -1.49. The Morgan fingerprint density at radius 1 is 0.381 bits per heavy atom. The van der Waals surface area contributed by atoms with E-state index in [2.05, 4.69) is 31.6 Å². The number of rotatable bonds is 9. The molecule has 0 bridgehead atoms. The topological polar surface area (TPSA) is 185 Å². The molecule has 0 saturated heterocycles. The molecule has 0 aliphatic carbocycles. The number of carbonyl (C=O) groups is 3. The van der Waals surface area contributed by atoms with Gasteiger partial charge in [-0.25, -0.2) is 16.3 Å². The summed E-state index contributed by atoms with van der Waals surface area (Å²) in [6.07, 6.45) is 4.71. The summed E-state index contributed by atoms with van der Waals surface area (Å²) in [5, 5.41) is 52.6. The van der Waals surface area contributed by atoms with Crippen molar-refractivity contribution >= 4 is 103 Å². The highest BCUT2D eigenvalue weighted by molar-refractivity contribution is 7.12. The first kappa shape index (κ1) is 43.1. The van der Waals surface area contributed by atoms with Crippen LogP contribution in [0.5, 0.6) is 17.2 Å². The van der Waals surface area contributed by atoms with Crippen molar-refractivity contribution in [2.75, 3.05) is 0 Å². The van der Waals surface area contributed by atoms with Gasteiger partial charge in [0.1, 0.15) is 17.2 Å². The fourth-order valence-corrected chi connectivity index (χ4v) is 7.72. The molecule has 3 aromatic heterocycles. The lowest BCUT2D eigenvalue weighted by molar-refractivity contribution is 0.0944. The molecule has 6 aromatic carbocycles. The van der Waals surface area contributed by atoms with Gasteiger partial charge < -0.3 is 15.3 Å². The van der Waals surface area contributed by atoms with Gasteiger partial charge in [-0.2, -0.15) is 15.3 Å². The molecule has 0 radical (unpaired) electrons. The number of phenols is 3. The summed E-state index contributed by atoms with van der Waals surface area (Å²) >= 11 is 4.58. The molecule has 12 nitrogen and oxygen atoms in total. The van der Waals surface area contributed by atoms with Crippen LogP contribution in [0, 0.1) is 0 Å². The normalized spacial score (nSPS) is 11.0. The summed E-state index contributed by atoms with van der Waals surface area (Å²) in [5.41, 5.74) is 7.88. The molecule has 9 rings (SSSR count). The number of nitrogens with zero attached hydrogens (tertiary/aromatic N) is 3. The number of hydrogen-bond acceptors (Lipinski definition) is 12. The predicted molar refractivity (Wildman–Crippen MR) is 255 cm³/mol. The molecule has 0 aliphatic heterocycles. The SMILES string of the molecule is O=C(N/N=C/c1cccs1)c1cc2ccccc2cc1O.O=C(N/N=C/c1cccs1)c1cc2ccccc2cc1O.O=C(N/N=C/c1cccs1)c1cc2ccccc2cc1O. The number of benzene rings is 6. The van der Waals surface area contributed by atoms with Gasteiger partial charge in [0.15, 0.2) is 0 Å². The van der Waals surface area contributed by atoms with Crippen LogP contribution in [0.15, 0.2) is 177 Å². The predicted octanol–water partition coefficient (Wildman–Crippen LogP) is 10.1. The molecule has 9 aromatic rings. The second kappa shape index (κ2) is 21.0. The fraction of sp³-hybridized carbons (Fsp3) is 0. The molecule has 6 N–H and O–H groups in total. The summed E-state index contributed by atoms with van der Waals surface area (Å²) in [6.45, 7) is 0. The standard InChI is InChI=1S/3C16H12N2O2S/c3*19-15-9-12-5-2-1-4-11(12)8-14(15)16(20)18-17-10-13-6-3-7-21-13/h3*1-10,19H,(H,18,20)/b3*17-10+. The Balaban J connectivity index is 0.000000142. The summed E-state index contributed by atoms with van der Waals surface area (Å²) in [6, 6.07) is 43.7. The summed E-state index contributed by atoms with van der Waals surface area (Å²) in [4.78, 5) is 39.0. The van der Waals surface area contributed by atoms with Gasteiger partial charge in [0, 0.05) is 14.6 Å². The van der Waals surface area contributed by atoms with Crippen LogP contribution < -0.4 is 16.3 Å². The molecule has 3 heterocycles. The van der Waals surface area contributed by atoms with Crippen molar-refractivity contribution in [2.24, 2.45) is 15.3 Å². The number of hydrogen-bond donors (Lipinski definition) is 6. The van der Waals surface area contributed by atoms with Crippen LogP contribution in [0.4, 0.5) is 0 Å². The highest BCUT2D eigenvalue weighted by atomic mass is 32.1. The maximum atomic E-state index is 12.1. The Hall–Kier alpha value is -7.98. The second-order valence-corrected chi connectivity index (χ2v) is 16.2. The summed E-state index contributed by atoms with van der Waals surface area (Å²) < 4.78 is 0. The third-order valence-electron chi connectivity index (χ3n) is 9.03. The van der Waals surface area contributed by atoms with Crippen LogP contribution in [-0.2, 0) is 0 Å². The Morgan fingerprint density at radius 2 is 0.635 bits per heavy atom. The maximum Gasteiger partial charge on any atom is 0.275 e. The molecule has 3 amide bonds. The number of aromatic hydroxyl groups is 3. The smallest absolute Gasteiger partial charge is 0.275 e. The lowest BCUT2D eigenvalue weighted by atomic mass is 10.1. The van der Waals surface area contributed by atoms with Gasteiger partial charge in [0.05, 0.1) is 35.3 Å². The van der Waals surface area contributed by atoms with Gasteiger partial charge in [-0.15, -0.1) is 34.0 Å². The first-order valence-electron chi connectivity index (χ1n) is 19.0. The number of amides is 3. The zero-order valence-corrected chi connectivity index (χ0v) is 35.4. The molecule has 312 valence electrons. The minimum Gasteiger partial charge on any atom is -0.507 e. The minimum absolute atomic E-state index is 0.0578. The van der Waals surface area contributed by atoms with E-state index in [9.17, 15) is 29.7 Å². The summed E-state index contributed by atoms with van der Waals surface area (Å²) in [7, 11) is 0. The van der Waals surface area contributed by atoms with Crippen molar-refractivity contribution in [1.82, 2.24) is 16.3 Å². The average Bonchev–Trinajstić information content (AvgIpc) is 4.12. The van der Waals surface area contributed by atoms with E-state index in [1.807, 2.05) is 125 Å². The van der Waals surface area contributed by atoms with Crippen LogP contribution in [0.2, 0.25) is 0 Å². The van der Waals surface area contributed by atoms with E-state index in [0.29, 0.717) is 0 Å². The monoisotopic (exact) mass is 888 g/mol. The third-order valence-corrected chi connectivity index (χ3v) is 11.4. The average molecular weight is 889 g/mol. The van der Waals surface area contributed by atoms with Crippen molar-refractivity contribution in [3.05, 3.63) is 193 Å². The largest absolute Gasteiger partial charge is 0.507 e. The Kier molecular flexibility index (Phi) is 14.4. The van der Waals surface area contributed by atoms with E-state index in [-0.39, 0.29) is 33.9 Å². The Bertz CT molecular complexity index is 2760. The highest BCUT2D eigenvalue weighted by Gasteiger charge is 2.14. The van der Waals surface area contributed by atoms with Gasteiger partial charge in [-0.05, 0) is 103 Å². The minimum atomic E-state index is -0.439. The Labute approximate surface area is 372 Å². The van der Waals surface area contributed by atoms with Gasteiger partial charge in [0.2, 0.25) is 0 Å². The van der Waals surface area contributed by atoms with Crippen LogP contribution >= 0.6 is 34.0 Å². The van der Waals surface area contributed by atoms with E-state index in [4.69, 9.17) is 0 Å². The van der Waals surface area contributed by atoms with E-state index in [1.165, 1.54) is 34.0 Å². The van der Waals surface area contributed by atoms with Crippen molar-refractivity contribution in [2.45, 2.75) is 0 Å². The second-order valence-electron chi connectivity index (χ2n) is 13.3. The molecule has 0 spiro atoms. The highest BCUT2D eigenvalue weighted by Crippen LogP contribution is 2.27. The number of fused-ring (bicyclic) bond motifs is 3. The quantitative estimate of drug-likeness (QED) is 0.0619. The van der Waals surface area contributed by atoms with Gasteiger partial charge in [0.25, 0.3) is 17.7 Å². The molecule has 63 heavy (non-hydrogen) atoms. The maximum absolute atomic E-state index is 12.1. The third kappa shape index (κ3) is 11.6. The molecule has 0 aliphatic rings. The van der Waals surface area contributed by atoms with Crippen molar-refractivity contribution < 1.29 is 29.7 Å². The van der Waals surface area contributed by atoms with E-state index >= 15 is 0 Å². The zero-order valence-electron chi connectivity index (χ0n) is 33.0. The van der Waals surface area contributed by atoms with Crippen molar-refractivity contribution in [1.29, 1.82) is 0 Å². The van der Waals surface area contributed by atoms with Crippen LogP contribution in [0.1, 0.15) is 45.7 Å². The molecule has 15 heteroatoms. The van der Waals surface area contributed by atoms with Crippen molar-refractivity contribution in [3.8, 4) is 17.2 Å². The molecule has 0 unspecified atom stereocenters. The van der Waals surface area contributed by atoms with Crippen LogP contribution in [0.3, 0.4) is 0 Å².